The molecule has 5 nitrogen and oxygen atoms in total. The van der Waals surface area contributed by atoms with E-state index >= 15 is 0 Å². The fourth-order valence-corrected chi connectivity index (χ4v) is 2.78. The maximum Gasteiger partial charge on any atom is 0.194 e. The highest BCUT2D eigenvalue weighted by atomic mass is 127. The summed E-state index contributed by atoms with van der Waals surface area (Å²) in [6, 6.07) is 0. The predicted molar refractivity (Wildman–Crippen MR) is 89.3 cm³/mol. The number of nitrogens with one attached hydrogen (secondary N) is 1. The number of aliphatic imine (C=N–C) groups is 1. The van der Waals surface area contributed by atoms with Crippen molar-refractivity contribution in [2.75, 3.05) is 33.9 Å². The topological polar surface area (TPSA) is 49.8 Å². The van der Waals surface area contributed by atoms with Gasteiger partial charge in [-0.3, -0.25) is 4.99 Å². The van der Waals surface area contributed by atoms with Crippen LogP contribution in [-0.2, 0) is 11.3 Å². The van der Waals surface area contributed by atoms with Gasteiger partial charge < -0.3 is 15.0 Å². The molecule has 0 saturated carbocycles. The Balaban J connectivity index is 0.00000180. The van der Waals surface area contributed by atoms with E-state index in [9.17, 15) is 0 Å². The molecule has 1 aliphatic rings. The van der Waals surface area contributed by atoms with Gasteiger partial charge in [0.25, 0.3) is 0 Å². The Kier molecular flexibility index (Phi) is 7.62. The van der Waals surface area contributed by atoms with Crippen molar-refractivity contribution in [2.45, 2.75) is 13.0 Å². The Morgan fingerprint density at radius 1 is 1.68 bits per heavy atom. The first-order chi connectivity index (χ1) is 8.83. The van der Waals surface area contributed by atoms with E-state index in [4.69, 9.17) is 4.74 Å². The van der Waals surface area contributed by atoms with Crippen LogP contribution in [0.25, 0.3) is 0 Å². The summed E-state index contributed by atoms with van der Waals surface area (Å²) >= 11 is 1.66. The van der Waals surface area contributed by atoms with E-state index in [0.29, 0.717) is 5.92 Å². The summed E-state index contributed by atoms with van der Waals surface area (Å²) in [4.78, 5) is 10.9. The van der Waals surface area contributed by atoms with Crippen LogP contribution in [0.2, 0.25) is 0 Å². The molecule has 0 aromatic carbocycles. The minimum atomic E-state index is 0. The van der Waals surface area contributed by atoms with Gasteiger partial charge in [-0.15, -0.1) is 35.3 Å². The molecule has 1 atom stereocenters. The van der Waals surface area contributed by atoms with Gasteiger partial charge in [0.2, 0.25) is 0 Å². The predicted octanol–water partition coefficient (Wildman–Crippen LogP) is 1.80. The molecule has 2 heterocycles. The fourth-order valence-electron chi connectivity index (χ4n) is 2.22. The average Bonchev–Trinajstić information content (AvgIpc) is 3.02. The van der Waals surface area contributed by atoms with E-state index in [0.717, 1.165) is 37.2 Å². The van der Waals surface area contributed by atoms with Gasteiger partial charge in [0.05, 0.1) is 13.2 Å². The molecule has 0 spiro atoms. The monoisotopic (exact) mass is 396 g/mol. The molecule has 1 aromatic heterocycles. The zero-order chi connectivity index (χ0) is 12.8. The van der Waals surface area contributed by atoms with Crippen LogP contribution in [0.3, 0.4) is 0 Å². The second-order valence-corrected chi connectivity index (χ2v) is 5.36. The SMILES string of the molecule is CN=C(NCc1nccs1)N1CCC(COC)C1.I. The maximum absolute atomic E-state index is 5.21. The molecule has 19 heavy (non-hydrogen) atoms. The van der Waals surface area contributed by atoms with Crippen molar-refractivity contribution in [3.05, 3.63) is 16.6 Å². The zero-order valence-electron chi connectivity index (χ0n) is 11.3. The lowest BCUT2D eigenvalue weighted by Gasteiger charge is -2.21. The van der Waals surface area contributed by atoms with Crippen LogP contribution in [-0.4, -0.2) is 49.7 Å². The van der Waals surface area contributed by atoms with Gasteiger partial charge in [-0.25, -0.2) is 4.98 Å². The number of thiazole rings is 1. The number of nitrogens with zero attached hydrogens (tertiary/aromatic N) is 3. The summed E-state index contributed by atoms with van der Waals surface area (Å²) in [5.74, 6) is 1.58. The maximum atomic E-state index is 5.21. The van der Waals surface area contributed by atoms with Crippen molar-refractivity contribution in [3.8, 4) is 0 Å². The highest BCUT2D eigenvalue weighted by molar-refractivity contribution is 14.0. The third-order valence-corrected chi connectivity index (χ3v) is 3.86. The molecule has 1 saturated heterocycles. The molecule has 0 amide bonds. The van der Waals surface area contributed by atoms with Crippen molar-refractivity contribution in [1.82, 2.24) is 15.2 Å². The summed E-state index contributed by atoms with van der Waals surface area (Å²) in [7, 11) is 3.59. The van der Waals surface area contributed by atoms with Gasteiger partial charge >= 0.3 is 0 Å². The summed E-state index contributed by atoms with van der Waals surface area (Å²) < 4.78 is 5.21. The number of ether oxygens (including phenoxy) is 1. The molecular formula is C12H21IN4OS. The molecule has 108 valence electrons. The van der Waals surface area contributed by atoms with Crippen LogP contribution in [0.4, 0.5) is 0 Å². The van der Waals surface area contributed by atoms with E-state index in [1.54, 1.807) is 18.4 Å². The van der Waals surface area contributed by atoms with Crippen LogP contribution in [0.1, 0.15) is 11.4 Å². The Bertz CT molecular complexity index is 385. The van der Waals surface area contributed by atoms with Crippen LogP contribution >= 0.6 is 35.3 Å². The van der Waals surface area contributed by atoms with Crippen LogP contribution in [0, 0.1) is 5.92 Å². The highest BCUT2D eigenvalue weighted by Crippen LogP contribution is 2.16. The van der Waals surface area contributed by atoms with E-state index in [1.807, 2.05) is 18.6 Å². The first-order valence-electron chi connectivity index (χ1n) is 6.16. The second kappa shape index (κ2) is 8.70. The first-order valence-corrected chi connectivity index (χ1v) is 7.04. The van der Waals surface area contributed by atoms with E-state index in [1.165, 1.54) is 6.42 Å². The fraction of sp³-hybridized carbons (Fsp3) is 0.667. The molecule has 0 bridgehead atoms. The lowest BCUT2D eigenvalue weighted by molar-refractivity contribution is 0.157. The number of rotatable bonds is 4. The van der Waals surface area contributed by atoms with Crippen molar-refractivity contribution in [1.29, 1.82) is 0 Å². The number of hydrogen-bond donors (Lipinski definition) is 1. The van der Waals surface area contributed by atoms with Crippen molar-refractivity contribution >= 4 is 41.3 Å². The first kappa shape index (κ1) is 16.6. The summed E-state index contributed by atoms with van der Waals surface area (Å²) in [6.07, 6.45) is 3.00. The third kappa shape index (κ3) is 4.88. The molecule has 1 aliphatic heterocycles. The van der Waals surface area contributed by atoms with Crippen LogP contribution in [0.5, 0.6) is 0 Å². The van der Waals surface area contributed by atoms with Gasteiger partial charge in [-0.2, -0.15) is 0 Å². The molecule has 1 fully saturated rings. The molecule has 7 heteroatoms. The number of hydrogen-bond acceptors (Lipinski definition) is 4. The molecule has 1 aromatic rings. The van der Waals surface area contributed by atoms with Crippen molar-refractivity contribution in [3.63, 3.8) is 0 Å². The zero-order valence-corrected chi connectivity index (χ0v) is 14.5. The Labute approximate surface area is 135 Å². The molecule has 1 N–H and O–H groups in total. The summed E-state index contributed by atoms with van der Waals surface area (Å²) in [5.41, 5.74) is 0. The second-order valence-electron chi connectivity index (χ2n) is 4.38. The highest BCUT2D eigenvalue weighted by Gasteiger charge is 2.24. The van der Waals surface area contributed by atoms with E-state index in [-0.39, 0.29) is 24.0 Å². The Morgan fingerprint density at radius 2 is 2.53 bits per heavy atom. The van der Waals surface area contributed by atoms with Crippen molar-refractivity contribution in [2.24, 2.45) is 10.9 Å². The summed E-state index contributed by atoms with van der Waals surface area (Å²) in [5, 5.41) is 6.44. The number of halogens is 1. The lowest BCUT2D eigenvalue weighted by Crippen LogP contribution is -2.39. The van der Waals surface area contributed by atoms with Gasteiger partial charge in [0.15, 0.2) is 5.96 Å². The molecular weight excluding hydrogens is 375 g/mol. The largest absolute Gasteiger partial charge is 0.384 e. The van der Waals surface area contributed by atoms with E-state index in [2.05, 4.69) is 20.2 Å². The number of likely N-dealkylation sites (tertiary alicyclic amines) is 1. The molecule has 0 aliphatic carbocycles. The molecule has 2 rings (SSSR count). The normalized spacial score (nSPS) is 19.4. The minimum absolute atomic E-state index is 0. The third-order valence-electron chi connectivity index (χ3n) is 3.08. The molecule has 1 unspecified atom stereocenters. The number of aromatic nitrogens is 1. The van der Waals surface area contributed by atoms with Gasteiger partial charge in [-0.05, 0) is 6.42 Å². The standard InChI is InChI=1S/C12H20N4OS.HI/c1-13-12(15-7-11-14-4-6-18-11)16-5-3-10(8-16)9-17-2;/h4,6,10H,3,5,7-9H2,1-2H3,(H,13,15);1H. The van der Waals surface area contributed by atoms with Gasteiger partial charge in [0, 0.05) is 44.7 Å². The minimum Gasteiger partial charge on any atom is -0.384 e. The summed E-state index contributed by atoms with van der Waals surface area (Å²) in [6.45, 7) is 3.65. The van der Waals surface area contributed by atoms with Crippen LogP contribution < -0.4 is 5.32 Å². The number of methoxy groups -OCH3 is 1. The quantitative estimate of drug-likeness (QED) is 0.479. The Morgan fingerprint density at radius 3 is 3.16 bits per heavy atom. The molecule has 0 radical (unpaired) electrons. The Hall–Kier alpha value is -0.410. The van der Waals surface area contributed by atoms with E-state index < -0.39 is 0 Å². The van der Waals surface area contributed by atoms with Crippen LogP contribution in [0.15, 0.2) is 16.6 Å². The average molecular weight is 396 g/mol. The van der Waals surface area contributed by atoms with Gasteiger partial charge in [-0.1, -0.05) is 0 Å². The lowest BCUT2D eigenvalue weighted by atomic mass is 10.1. The van der Waals surface area contributed by atoms with Gasteiger partial charge in [0.1, 0.15) is 5.01 Å². The number of guanidine groups is 1. The van der Waals surface area contributed by atoms with Crippen molar-refractivity contribution < 1.29 is 4.74 Å². The smallest absolute Gasteiger partial charge is 0.194 e.